The third-order valence-electron chi connectivity index (χ3n) is 4.33. The quantitative estimate of drug-likeness (QED) is 0.934. The first-order valence-electron chi connectivity index (χ1n) is 7.94. The van der Waals surface area contributed by atoms with Crippen molar-refractivity contribution in [1.29, 1.82) is 0 Å². The number of benzene rings is 1. The lowest BCUT2D eigenvalue weighted by Crippen LogP contribution is -2.39. The molecule has 0 amide bonds. The number of hydrogen-bond donors (Lipinski definition) is 1. The zero-order chi connectivity index (χ0) is 15.4. The molecular weight excluding hydrogens is 308 g/mol. The molecule has 1 aromatic heterocycles. The Morgan fingerprint density at radius 2 is 1.83 bits per heavy atom. The topological polar surface area (TPSA) is 45.4 Å². The summed E-state index contributed by atoms with van der Waals surface area (Å²) in [6, 6.07) is 14.9. The summed E-state index contributed by atoms with van der Waals surface area (Å²) in [4.78, 5) is 9.17. The molecule has 5 heteroatoms. The van der Waals surface area contributed by atoms with Crippen LogP contribution in [0.2, 0.25) is 0 Å². The van der Waals surface area contributed by atoms with Crippen molar-refractivity contribution in [2.24, 2.45) is 5.73 Å². The summed E-state index contributed by atoms with van der Waals surface area (Å²) in [5.74, 6) is 0.968. The van der Waals surface area contributed by atoms with Crippen LogP contribution in [0.4, 0.5) is 11.5 Å². The summed E-state index contributed by atoms with van der Waals surface area (Å²) in [6.45, 7) is 3.15. The molecule has 0 aliphatic carbocycles. The number of anilines is 2. The van der Waals surface area contributed by atoms with Crippen molar-refractivity contribution in [1.82, 2.24) is 9.88 Å². The number of nitrogens with zero attached hydrogens (tertiary/aromatic N) is 3. The van der Waals surface area contributed by atoms with Crippen molar-refractivity contribution in [3.05, 3.63) is 54.2 Å². The number of nitrogens with two attached hydrogens (primary N) is 1. The van der Waals surface area contributed by atoms with Crippen molar-refractivity contribution in [2.75, 3.05) is 25.0 Å². The molecule has 124 valence electrons. The SMILES string of the molecule is CN(c1ccccc1)c1ccc(CN2CCC(N)CC2)cn1.Cl. The largest absolute Gasteiger partial charge is 0.329 e. The minimum atomic E-state index is 0. The number of hydrogen-bond acceptors (Lipinski definition) is 4. The Bertz CT molecular complexity index is 580. The molecule has 1 aliphatic rings. The summed E-state index contributed by atoms with van der Waals surface area (Å²) in [5.41, 5.74) is 8.36. The Morgan fingerprint density at radius 3 is 2.43 bits per heavy atom. The van der Waals surface area contributed by atoms with Gasteiger partial charge in [-0.3, -0.25) is 4.90 Å². The highest BCUT2D eigenvalue weighted by atomic mass is 35.5. The van der Waals surface area contributed by atoms with E-state index < -0.39 is 0 Å². The Balaban J connectivity index is 0.00000192. The molecule has 2 heterocycles. The molecule has 0 atom stereocenters. The van der Waals surface area contributed by atoms with E-state index in [2.05, 4.69) is 39.0 Å². The fourth-order valence-electron chi connectivity index (χ4n) is 2.86. The summed E-state index contributed by atoms with van der Waals surface area (Å²) in [5, 5.41) is 0. The van der Waals surface area contributed by atoms with Crippen molar-refractivity contribution in [3.8, 4) is 0 Å². The van der Waals surface area contributed by atoms with Crippen LogP contribution in [0.15, 0.2) is 48.7 Å². The predicted molar refractivity (Wildman–Crippen MR) is 98.5 cm³/mol. The first-order valence-corrected chi connectivity index (χ1v) is 7.94. The van der Waals surface area contributed by atoms with Crippen LogP contribution < -0.4 is 10.6 Å². The molecule has 0 unspecified atom stereocenters. The van der Waals surface area contributed by atoms with E-state index in [1.165, 1.54) is 5.56 Å². The molecule has 23 heavy (non-hydrogen) atoms. The number of halogens is 1. The van der Waals surface area contributed by atoms with Gasteiger partial charge >= 0.3 is 0 Å². The molecule has 1 aromatic carbocycles. The van der Waals surface area contributed by atoms with Crippen LogP contribution in [0.5, 0.6) is 0 Å². The molecule has 1 saturated heterocycles. The lowest BCUT2D eigenvalue weighted by molar-refractivity contribution is 0.205. The minimum absolute atomic E-state index is 0. The lowest BCUT2D eigenvalue weighted by Gasteiger charge is -2.30. The molecule has 0 radical (unpaired) electrons. The van der Waals surface area contributed by atoms with Gasteiger partial charge in [-0.1, -0.05) is 24.3 Å². The molecule has 0 bridgehead atoms. The predicted octanol–water partition coefficient (Wildman–Crippen LogP) is 3.19. The average Bonchev–Trinajstić information content (AvgIpc) is 2.58. The van der Waals surface area contributed by atoms with E-state index in [-0.39, 0.29) is 12.4 Å². The molecule has 2 aromatic rings. The van der Waals surface area contributed by atoms with Crippen molar-refractivity contribution in [2.45, 2.75) is 25.4 Å². The van der Waals surface area contributed by atoms with Crippen LogP contribution in [-0.2, 0) is 6.54 Å². The number of rotatable bonds is 4. The van der Waals surface area contributed by atoms with Gasteiger partial charge in [0.25, 0.3) is 0 Å². The van der Waals surface area contributed by atoms with Crippen molar-refractivity contribution in [3.63, 3.8) is 0 Å². The fourth-order valence-corrected chi connectivity index (χ4v) is 2.86. The zero-order valence-electron chi connectivity index (χ0n) is 13.6. The average molecular weight is 333 g/mol. The standard InChI is InChI=1S/C18H24N4.ClH/c1-21(17-5-3-2-4-6-17)18-8-7-15(13-20-18)14-22-11-9-16(19)10-12-22;/h2-8,13,16H,9-12,14,19H2,1H3;1H. The molecule has 1 fully saturated rings. The first kappa shape index (κ1) is 17.7. The van der Waals surface area contributed by atoms with E-state index >= 15 is 0 Å². The van der Waals surface area contributed by atoms with E-state index in [1.807, 2.05) is 31.4 Å². The lowest BCUT2D eigenvalue weighted by atomic mass is 10.1. The van der Waals surface area contributed by atoms with Crippen molar-refractivity contribution >= 4 is 23.9 Å². The van der Waals surface area contributed by atoms with Gasteiger partial charge in [-0.25, -0.2) is 4.98 Å². The van der Waals surface area contributed by atoms with Gasteiger partial charge in [0.1, 0.15) is 5.82 Å². The first-order chi connectivity index (χ1) is 10.7. The minimum Gasteiger partial charge on any atom is -0.329 e. The van der Waals surface area contributed by atoms with Gasteiger partial charge in [-0.05, 0) is 49.7 Å². The molecule has 2 N–H and O–H groups in total. The van der Waals surface area contributed by atoms with Gasteiger partial charge in [0, 0.05) is 31.5 Å². The second kappa shape index (κ2) is 8.29. The highest BCUT2D eigenvalue weighted by Crippen LogP contribution is 2.21. The van der Waals surface area contributed by atoms with Gasteiger partial charge in [0.15, 0.2) is 0 Å². The Kier molecular flexibility index (Phi) is 6.39. The maximum atomic E-state index is 5.95. The maximum absolute atomic E-state index is 5.95. The molecule has 4 nitrogen and oxygen atoms in total. The van der Waals surface area contributed by atoms with Crippen molar-refractivity contribution < 1.29 is 0 Å². The van der Waals surface area contributed by atoms with E-state index in [4.69, 9.17) is 5.73 Å². The molecule has 1 aliphatic heterocycles. The Morgan fingerprint density at radius 1 is 1.13 bits per heavy atom. The van der Waals surface area contributed by atoms with Gasteiger partial charge in [-0.2, -0.15) is 0 Å². The number of likely N-dealkylation sites (tertiary alicyclic amines) is 1. The number of aromatic nitrogens is 1. The third-order valence-corrected chi connectivity index (χ3v) is 4.33. The third kappa shape index (κ3) is 4.67. The summed E-state index contributed by atoms with van der Waals surface area (Å²) < 4.78 is 0. The van der Waals surface area contributed by atoms with E-state index in [1.54, 1.807) is 0 Å². The molecule has 3 rings (SSSR count). The molecule has 0 spiro atoms. The number of pyridine rings is 1. The second-order valence-corrected chi connectivity index (χ2v) is 6.03. The Labute approximate surface area is 144 Å². The van der Waals surface area contributed by atoms with Crippen LogP contribution in [-0.4, -0.2) is 36.1 Å². The summed E-state index contributed by atoms with van der Waals surface area (Å²) in [6.07, 6.45) is 4.19. The van der Waals surface area contributed by atoms with Crippen LogP contribution in [0, 0.1) is 0 Å². The van der Waals surface area contributed by atoms with Gasteiger partial charge in [0.2, 0.25) is 0 Å². The highest BCUT2D eigenvalue weighted by Gasteiger charge is 2.16. The van der Waals surface area contributed by atoms with E-state index in [0.717, 1.165) is 44.0 Å². The molecule has 0 saturated carbocycles. The molecular formula is C18H25ClN4. The summed E-state index contributed by atoms with van der Waals surface area (Å²) in [7, 11) is 2.05. The smallest absolute Gasteiger partial charge is 0.132 e. The van der Waals surface area contributed by atoms with Gasteiger partial charge in [0.05, 0.1) is 0 Å². The van der Waals surface area contributed by atoms with Crippen LogP contribution in [0.25, 0.3) is 0 Å². The zero-order valence-corrected chi connectivity index (χ0v) is 14.4. The monoisotopic (exact) mass is 332 g/mol. The normalized spacial score (nSPS) is 15.9. The second-order valence-electron chi connectivity index (χ2n) is 6.03. The van der Waals surface area contributed by atoms with Crippen LogP contribution >= 0.6 is 12.4 Å². The Hall–Kier alpha value is -1.62. The van der Waals surface area contributed by atoms with Crippen LogP contribution in [0.1, 0.15) is 18.4 Å². The maximum Gasteiger partial charge on any atom is 0.132 e. The van der Waals surface area contributed by atoms with E-state index in [0.29, 0.717) is 6.04 Å². The number of para-hydroxylation sites is 1. The fraction of sp³-hybridized carbons (Fsp3) is 0.389. The highest BCUT2D eigenvalue weighted by molar-refractivity contribution is 5.85. The number of piperidine rings is 1. The van der Waals surface area contributed by atoms with Gasteiger partial charge in [-0.15, -0.1) is 12.4 Å². The van der Waals surface area contributed by atoms with E-state index in [9.17, 15) is 0 Å². The summed E-state index contributed by atoms with van der Waals surface area (Å²) >= 11 is 0. The van der Waals surface area contributed by atoms with Crippen LogP contribution in [0.3, 0.4) is 0 Å². The van der Waals surface area contributed by atoms with Gasteiger partial charge < -0.3 is 10.6 Å².